The van der Waals surface area contributed by atoms with Crippen LogP contribution in [-0.2, 0) is 0 Å². The Morgan fingerprint density at radius 1 is 1.29 bits per heavy atom. The number of benzene rings is 1. The van der Waals surface area contributed by atoms with Gasteiger partial charge in [0.25, 0.3) is 0 Å². The fourth-order valence-corrected chi connectivity index (χ4v) is 4.72. The quantitative estimate of drug-likeness (QED) is 0.702. The summed E-state index contributed by atoms with van der Waals surface area (Å²) in [6, 6.07) is 10.6. The molecule has 1 aliphatic heterocycles. The van der Waals surface area contributed by atoms with Crippen molar-refractivity contribution in [3.05, 3.63) is 36.2 Å². The van der Waals surface area contributed by atoms with Crippen LogP contribution in [0.2, 0.25) is 0 Å². The molecule has 6 nitrogen and oxygen atoms in total. The van der Waals surface area contributed by atoms with Crippen LogP contribution in [0.1, 0.15) is 31.6 Å². The van der Waals surface area contributed by atoms with E-state index in [9.17, 15) is 0 Å². The summed E-state index contributed by atoms with van der Waals surface area (Å²) in [5, 5.41) is 17.8. The molecule has 8 heteroatoms. The molecule has 0 unspecified atom stereocenters. The van der Waals surface area contributed by atoms with Crippen LogP contribution in [0.3, 0.4) is 0 Å². The maximum absolute atomic E-state index is 4.54. The third-order valence-electron chi connectivity index (χ3n) is 3.90. The van der Waals surface area contributed by atoms with Crippen molar-refractivity contribution >= 4 is 23.5 Å². The van der Waals surface area contributed by atoms with Crippen LogP contribution >= 0.6 is 23.5 Å². The van der Waals surface area contributed by atoms with Gasteiger partial charge >= 0.3 is 0 Å². The molecule has 1 aliphatic rings. The van der Waals surface area contributed by atoms with Crippen molar-refractivity contribution in [1.29, 1.82) is 0 Å². The first-order valence-electron chi connectivity index (χ1n) is 7.90. The van der Waals surface area contributed by atoms with E-state index in [0.717, 1.165) is 39.0 Å². The summed E-state index contributed by atoms with van der Waals surface area (Å²) in [7, 11) is 0. The van der Waals surface area contributed by atoms with E-state index in [4.69, 9.17) is 0 Å². The van der Waals surface area contributed by atoms with Gasteiger partial charge in [-0.05, 0) is 0 Å². The van der Waals surface area contributed by atoms with E-state index in [1.807, 2.05) is 18.2 Å². The normalized spacial score (nSPS) is 16.7. The average molecular weight is 358 g/mol. The Bertz CT molecular complexity index is 826. The van der Waals surface area contributed by atoms with Crippen LogP contribution < -0.4 is 0 Å². The minimum absolute atomic E-state index is 0.348. The predicted octanol–water partition coefficient (Wildman–Crippen LogP) is 3.63. The zero-order valence-corrected chi connectivity index (χ0v) is 15.1. The van der Waals surface area contributed by atoms with Gasteiger partial charge in [0.15, 0.2) is 11.0 Å². The third kappa shape index (κ3) is 2.95. The van der Waals surface area contributed by atoms with Crippen molar-refractivity contribution in [1.82, 2.24) is 29.9 Å². The van der Waals surface area contributed by atoms with Crippen LogP contribution in [0.4, 0.5) is 0 Å². The molecular weight excluding hydrogens is 340 g/mol. The molecule has 1 N–H and O–H groups in total. The molecule has 4 rings (SSSR count). The molecule has 1 aromatic carbocycles. The maximum Gasteiger partial charge on any atom is 0.208 e. The summed E-state index contributed by atoms with van der Waals surface area (Å²) >= 11 is 3.45. The van der Waals surface area contributed by atoms with Crippen LogP contribution in [0.25, 0.3) is 11.4 Å². The molecule has 0 radical (unpaired) electrons. The molecule has 1 atom stereocenters. The fourth-order valence-electron chi connectivity index (χ4n) is 2.61. The molecule has 0 saturated heterocycles. The fraction of sp³-hybridized carbons (Fsp3) is 0.375. The minimum Gasteiger partial charge on any atom is -0.297 e. The van der Waals surface area contributed by atoms with Crippen molar-refractivity contribution < 1.29 is 0 Å². The first kappa shape index (κ1) is 15.7. The zero-order chi connectivity index (χ0) is 16.5. The highest BCUT2D eigenvalue weighted by atomic mass is 32.2. The number of aromatic nitrogens is 6. The van der Waals surface area contributed by atoms with Gasteiger partial charge in [0, 0.05) is 23.0 Å². The van der Waals surface area contributed by atoms with Gasteiger partial charge < -0.3 is 0 Å². The molecular formula is C16H18N6S2. The lowest BCUT2D eigenvalue weighted by molar-refractivity contribution is 0.596. The van der Waals surface area contributed by atoms with E-state index in [0.29, 0.717) is 12.0 Å². The number of hydrogen-bond acceptors (Lipinski definition) is 6. The van der Waals surface area contributed by atoms with E-state index in [2.05, 4.69) is 55.9 Å². The predicted molar refractivity (Wildman–Crippen MR) is 96.4 cm³/mol. The van der Waals surface area contributed by atoms with Crippen molar-refractivity contribution in [3.63, 3.8) is 0 Å². The summed E-state index contributed by atoms with van der Waals surface area (Å²) in [6.07, 6.45) is 0. The van der Waals surface area contributed by atoms with Crippen LogP contribution in [0.15, 0.2) is 40.6 Å². The second-order valence-electron chi connectivity index (χ2n) is 5.98. The molecule has 124 valence electrons. The highest BCUT2D eigenvalue weighted by molar-refractivity contribution is 8.00. The van der Waals surface area contributed by atoms with Gasteiger partial charge in [-0.3, -0.25) is 9.67 Å². The Morgan fingerprint density at radius 3 is 2.88 bits per heavy atom. The first-order valence-corrected chi connectivity index (χ1v) is 9.87. The molecule has 0 aliphatic carbocycles. The van der Waals surface area contributed by atoms with Crippen LogP contribution in [0.5, 0.6) is 0 Å². The number of aromatic amines is 1. The van der Waals surface area contributed by atoms with Gasteiger partial charge in [-0.15, -0.1) is 15.3 Å². The standard InChI is InChI=1S/C16H18N6S2/c1-10(2)13-17-15(20-18-13)23-8-12-9-24-16-21-19-14(22(12)16)11-6-4-3-5-7-11/h3-7,10,12H,8-9H2,1-2H3,(H,17,18,20)/t12-/m0/s1. The van der Waals surface area contributed by atoms with Gasteiger partial charge in [0.05, 0.1) is 6.04 Å². The van der Waals surface area contributed by atoms with Gasteiger partial charge in [-0.1, -0.05) is 67.7 Å². The van der Waals surface area contributed by atoms with Crippen molar-refractivity contribution in [2.24, 2.45) is 0 Å². The number of fused-ring (bicyclic) bond motifs is 1. The zero-order valence-electron chi connectivity index (χ0n) is 13.5. The average Bonchev–Trinajstić information content (AvgIpc) is 3.30. The highest BCUT2D eigenvalue weighted by Crippen LogP contribution is 2.38. The highest BCUT2D eigenvalue weighted by Gasteiger charge is 2.28. The lowest BCUT2D eigenvalue weighted by Crippen LogP contribution is -2.11. The largest absolute Gasteiger partial charge is 0.297 e. The van der Waals surface area contributed by atoms with Gasteiger partial charge in [-0.2, -0.15) is 0 Å². The number of hydrogen-bond donors (Lipinski definition) is 1. The summed E-state index contributed by atoms with van der Waals surface area (Å²) in [4.78, 5) is 4.54. The summed E-state index contributed by atoms with van der Waals surface area (Å²) in [5.74, 6) is 4.17. The first-order chi connectivity index (χ1) is 11.7. The summed E-state index contributed by atoms with van der Waals surface area (Å²) < 4.78 is 2.25. The lowest BCUT2D eigenvalue weighted by atomic mass is 10.2. The Labute approximate surface area is 148 Å². The Morgan fingerprint density at radius 2 is 2.12 bits per heavy atom. The second kappa shape index (κ2) is 6.60. The smallest absolute Gasteiger partial charge is 0.208 e. The summed E-state index contributed by atoms with van der Waals surface area (Å²) in [6.45, 7) is 4.22. The molecule has 3 aromatic rings. The number of nitrogens with zero attached hydrogens (tertiary/aromatic N) is 5. The second-order valence-corrected chi connectivity index (χ2v) is 7.95. The van der Waals surface area contributed by atoms with Crippen LogP contribution in [-0.4, -0.2) is 41.5 Å². The SMILES string of the molecule is CC(C)c1nc(SC[C@H]2CSc3nnc(-c4ccccc4)n32)n[nH]1. The molecule has 0 bridgehead atoms. The molecule has 3 heterocycles. The molecule has 2 aromatic heterocycles. The molecule has 0 saturated carbocycles. The molecule has 24 heavy (non-hydrogen) atoms. The van der Waals surface area contributed by atoms with E-state index in [1.165, 1.54) is 0 Å². The Kier molecular flexibility index (Phi) is 4.32. The summed E-state index contributed by atoms with van der Waals surface area (Å²) in [5.41, 5.74) is 1.11. The number of nitrogens with one attached hydrogen (secondary N) is 1. The van der Waals surface area contributed by atoms with Crippen molar-refractivity contribution in [3.8, 4) is 11.4 Å². The number of rotatable bonds is 5. The van der Waals surface area contributed by atoms with Gasteiger partial charge in [0.1, 0.15) is 5.82 Å². The third-order valence-corrected chi connectivity index (χ3v) is 5.98. The monoisotopic (exact) mass is 358 g/mol. The minimum atomic E-state index is 0.348. The topological polar surface area (TPSA) is 72.3 Å². The molecule has 0 spiro atoms. The molecule has 0 fully saturated rings. The number of thioether (sulfide) groups is 2. The maximum atomic E-state index is 4.54. The van der Waals surface area contributed by atoms with E-state index in [1.54, 1.807) is 23.5 Å². The van der Waals surface area contributed by atoms with Crippen LogP contribution in [0, 0.1) is 0 Å². The Balaban J connectivity index is 1.52. The van der Waals surface area contributed by atoms with Crippen molar-refractivity contribution in [2.45, 2.75) is 36.1 Å². The van der Waals surface area contributed by atoms with E-state index >= 15 is 0 Å². The van der Waals surface area contributed by atoms with Gasteiger partial charge in [-0.25, -0.2) is 4.98 Å². The van der Waals surface area contributed by atoms with E-state index < -0.39 is 0 Å². The Hall–Kier alpha value is -1.80. The lowest BCUT2D eigenvalue weighted by Gasteiger charge is -2.13. The van der Waals surface area contributed by atoms with Gasteiger partial charge in [0.2, 0.25) is 5.16 Å². The number of H-pyrrole nitrogens is 1. The van der Waals surface area contributed by atoms with Crippen molar-refractivity contribution in [2.75, 3.05) is 11.5 Å². The molecule has 0 amide bonds. The van der Waals surface area contributed by atoms with E-state index in [-0.39, 0.29) is 0 Å².